The molecule has 0 bridgehead atoms. The third-order valence-electron chi connectivity index (χ3n) is 2.58. The first kappa shape index (κ1) is 16.1. The number of benzene rings is 1. The molecule has 0 aliphatic heterocycles. The Morgan fingerprint density at radius 1 is 1.14 bits per heavy atom. The first-order valence-corrected chi connectivity index (χ1v) is 8.23. The predicted octanol–water partition coefficient (Wildman–Crippen LogP) is 5.98. The number of hydrogen-bond donors (Lipinski definition) is 0. The largest absolute Gasteiger partial charge is 0.228 e. The normalized spacial score (nSPS) is 9.86. The van der Waals surface area contributed by atoms with Crippen LogP contribution in [-0.2, 0) is 6.42 Å². The van der Waals surface area contributed by atoms with E-state index in [1.165, 1.54) is 22.7 Å². The van der Waals surface area contributed by atoms with Gasteiger partial charge in [0.05, 0.1) is 0 Å². The number of nitrogens with zero attached hydrogens (tertiary/aromatic N) is 1. The van der Waals surface area contributed by atoms with Gasteiger partial charge in [0.1, 0.15) is 0 Å². The zero-order valence-corrected chi connectivity index (χ0v) is 14.1. The maximum Gasteiger partial charge on any atom is 0.212 e. The molecule has 0 spiro atoms. The average Bonchev–Trinajstić information content (AvgIpc) is 2.97. The Balaban J connectivity index is 0.000000194. The number of hydrogen-bond acceptors (Lipinski definition) is 2. The molecule has 1 aromatic carbocycles. The molecule has 0 saturated carbocycles. The van der Waals surface area contributed by atoms with Crippen molar-refractivity contribution in [3.05, 3.63) is 86.0 Å². The lowest BCUT2D eigenvalue weighted by Gasteiger charge is -2.02. The molecule has 5 heteroatoms. The van der Waals surface area contributed by atoms with Gasteiger partial charge in [-0.05, 0) is 47.3 Å². The number of aromatic nitrogens is 1. The van der Waals surface area contributed by atoms with Gasteiger partial charge in [-0.15, -0.1) is 11.3 Å². The quantitative estimate of drug-likeness (QED) is 0.496. The number of halogens is 3. The summed E-state index contributed by atoms with van der Waals surface area (Å²) in [6, 6.07) is 14.7. The monoisotopic (exact) mass is 383 g/mol. The van der Waals surface area contributed by atoms with E-state index < -0.39 is 5.95 Å². The molecule has 108 valence electrons. The van der Waals surface area contributed by atoms with Gasteiger partial charge < -0.3 is 0 Å². The van der Waals surface area contributed by atoms with E-state index in [0.29, 0.717) is 0 Å². The molecule has 0 unspecified atom stereocenters. The highest BCUT2D eigenvalue weighted by Gasteiger charge is 2.02. The lowest BCUT2D eigenvalue weighted by atomic mass is 10.1. The molecule has 0 aliphatic carbocycles. The van der Waals surface area contributed by atoms with Crippen LogP contribution in [0.4, 0.5) is 4.39 Å². The molecule has 3 aromatic rings. The molecular formula is C16H12BrClFNS. The summed E-state index contributed by atoms with van der Waals surface area (Å²) in [5, 5.41) is 2.92. The van der Waals surface area contributed by atoms with Crippen molar-refractivity contribution in [3.63, 3.8) is 0 Å². The van der Waals surface area contributed by atoms with Crippen LogP contribution in [-0.4, -0.2) is 4.98 Å². The van der Waals surface area contributed by atoms with E-state index in [1.807, 2.05) is 12.1 Å². The maximum atomic E-state index is 11.8. The van der Waals surface area contributed by atoms with Gasteiger partial charge in [-0.3, -0.25) is 0 Å². The highest BCUT2D eigenvalue weighted by atomic mass is 79.9. The molecule has 0 saturated heterocycles. The fourth-order valence-corrected chi connectivity index (χ4v) is 2.94. The summed E-state index contributed by atoms with van der Waals surface area (Å²) >= 11 is 11.3. The van der Waals surface area contributed by atoms with Gasteiger partial charge in [0.25, 0.3) is 0 Å². The summed E-state index contributed by atoms with van der Waals surface area (Å²) in [6.45, 7) is 0. The van der Waals surface area contributed by atoms with Crippen LogP contribution in [0.25, 0.3) is 0 Å². The molecule has 2 aromatic heterocycles. The van der Waals surface area contributed by atoms with Crippen LogP contribution < -0.4 is 0 Å². The summed E-state index contributed by atoms with van der Waals surface area (Å²) in [5.74, 6) is -0.428. The smallest absolute Gasteiger partial charge is 0.212 e. The lowest BCUT2D eigenvalue weighted by molar-refractivity contribution is 0.584. The van der Waals surface area contributed by atoms with Crippen molar-refractivity contribution in [1.29, 1.82) is 0 Å². The molecule has 0 radical (unpaired) electrons. The van der Waals surface area contributed by atoms with Gasteiger partial charge in [-0.1, -0.05) is 39.7 Å². The molecular weight excluding hydrogens is 373 g/mol. The van der Waals surface area contributed by atoms with Crippen molar-refractivity contribution in [2.45, 2.75) is 6.42 Å². The van der Waals surface area contributed by atoms with Crippen molar-refractivity contribution in [2.24, 2.45) is 0 Å². The van der Waals surface area contributed by atoms with Gasteiger partial charge in [0.2, 0.25) is 5.95 Å². The third-order valence-corrected chi connectivity index (χ3v) is 4.32. The maximum absolute atomic E-state index is 11.8. The standard InChI is InChI=1S/C11H8BrClS.C5H4FN/c12-9-3-4-11(13)8(6-9)7-10-2-1-5-14-10;6-5-3-1-2-4-7-5/h1-6H,7H2;1-4H. The Bertz CT molecular complexity index is 674. The third kappa shape index (κ3) is 5.58. The fourth-order valence-electron chi connectivity index (χ4n) is 1.62. The molecule has 0 N–H and O–H groups in total. The molecule has 3 rings (SSSR count). The van der Waals surface area contributed by atoms with Crippen LogP contribution in [0.1, 0.15) is 10.4 Å². The van der Waals surface area contributed by atoms with Crippen LogP contribution in [0.5, 0.6) is 0 Å². The summed E-state index contributed by atoms with van der Waals surface area (Å²) in [4.78, 5) is 4.65. The molecule has 0 fully saturated rings. The predicted molar refractivity (Wildman–Crippen MR) is 90.5 cm³/mol. The van der Waals surface area contributed by atoms with Gasteiger partial charge in [-0.25, -0.2) is 4.98 Å². The Labute approximate surface area is 140 Å². The molecule has 0 atom stereocenters. The Morgan fingerprint density at radius 3 is 2.57 bits per heavy atom. The van der Waals surface area contributed by atoms with E-state index in [1.54, 1.807) is 23.5 Å². The fraction of sp³-hybridized carbons (Fsp3) is 0.0625. The van der Waals surface area contributed by atoms with E-state index in [0.717, 1.165) is 15.9 Å². The molecule has 0 amide bonds. The van der Waals surface area contributed by atoms with Gasteiger partial charge in [-0.2, -0.15) is 4.39 Å². The zero-order chi connectivity index (χ0) is 15.1. The Hall–Kier alpha value is -1.23. The van der Waals surface area contributed by atoms with E-state index >= 15 is 0 Å². The number of pyridine rings is 1. The van der Waals surface area contributed by atoms with Crippen LogP contribution in [0.2, 0.25) is 5.02 Å². The van der Waals surface area contributed by atoms with Crippen LogP contribution in [0, 0.1) is 5.95 Å². The summed E-state index contributed by atoms with van der Waals surface area (Å²) in [5.41, 5.74) is 1.17. The molecule has 2 heterocycles. The van der Waals surface area contributed by atoms with Crippen LogP contribution in [0.3, 0.4) is 0 Å². The summed E-state index contributed by atoms with van der Waals surface area (Å²) in [6.07, 6.45) is 2.32. The minimum absolute atomic E-state index is 0.428. The minimum Gasteiger partial charge on any atom is -0.228 e. The number of rotatable bonds is 2. The summed E-state index contributed by atoms with van der Waals surface area (Å²) < 4.78 is 12.9. The molecule has 0 aliphatic rings. The second-order valence-electron chi connectivity index (χ2n) is 4.14. The Morgan fingerprint density at radius 2 is 2.00 bits per heavy atom. The number of thiophene rings is 1. The van der Waals surface area contributed by atoms with Crippen molar-refractivity contribution in [2.75, 3.05) is 0 Å². The van der Waals surface area contributed by atoms with Gasteiger partial charge in [0, 0.05) is 27.0 Å². The van der Waals surface area contributed by atoms with Gasteiger partial charge >= 0.3 is 0 Å². The first-order valence-electron chi connectivity index (χ1n) is 6.18. The van der Waals surface area contributed by atoms with Gasteiger partial charge in [0.15, 0.2) is 0 Å². The van der Waals surface area contributed by atoms with Crippen molar-refractivity contribution < 1.29 is 4.39 Å². The SMILES string of the molecule is Clc1ccc(Br)cc1Cc1cccs1.Fc1ccccn1. The van der Waals surface area contributed by atoms with Crippen LogP contribution >= 0.6 is 38.9 Å². The van der Waals surface area contributed by atoms with Crippen LogP contribution in [0.15, 0.2) is 64.6 Å². The average molecular weight is 385 g/mol. The minimum atomic E-state index is -0.428. The molecule has 1 nitrogen and oxygen atoms in total. The lowest BCUT2D eigenvalue weighted by Crippen LogP contribution is -1.86. The second kappa shape index (κ2) is 8.27. The van der Waals surface area contributed by atoms with Crippen molar-refractivity contribution >= 4 is 38.9 Å². The van der Waals surface area contributed by atoms with E-state index in [2.05, 4.69) is 44.5 Å². The molecule has 21 heavy (non-hydrogen) atoms. The van der Waals surface area contributed by atoms with E-state index in [4.69, 9.17) is 11.6 Å². The highest BCUT2D eigenvalue weighted by molar-refractivity contribution is 9.10. The van der Waals surface area contributed by atoms with Crippen molar-refractivity contribution in [1.82, 2.24) is 4.98 Å². The second-order valence-corrected chi connectivity index (χ2v) is 6.50. The Kier molecular flexibility index (Phi) is 6.36. The van der Waals surface area contributed by atoms with E-state index in [-0.39, 0.29) is 0 Å². The van der Waals surface area contributed by atoms with Crippen molar-refractivity contribution in [3.8, 4) is 0 Å². The summed E-state index contributed by atoms with van der Waals surface area (Å²) in [7, 11) is 0. The van der Waals surface area contributed by atoms with E-state index in [9.17, 15) is 4.39 Å². The topological polar surface area (TPSA) is 12.9 Å². The zero-order valence-electron chi connectivity index (χ0n) is 11.0. The highest BCUT2D eigenvalue weighted by Crippen LogP contribution is 2.24. The first-order chi connectivity index (χ1) is 10.1.